The zero-order valence-corrected chi connectivity index (χ0v) is 12.6. The molecule has 0 aliphatic rings. The van der Waals surface area contributed by atoms with Gasteiger partial charge in [0.1, 0.15) is 12.4 Å². The molecule has 0 saturated heterocycles. The summed E-state index contributed by atoms with van der Waals surface area (Å²) in [5.41, 5.74) is -0.260. The first-order chi connectivity index (χ1) is 9.22. The third-order valence-electron chi connectivity index (χ3n) is 2.48. The summed E-state index contributed by atoms with van der Waals surface area (Å²) in [7, 11) is 0. The molecular weight excluding hydrogens is 312 g/mol. The summed E-state index contributed by atoms with van der Waals surface area (Å²) in [6.07, 6.45) is 6.45. The molecule has 0 saturated carbocycles. The summed E-state index contributed by atoms with van der Waals surface area (Å²) in [6, 6.07) is 1.26. The predicted molar refractivity (Wildman–Crippen MR) is 78.7 cm³/mol. The summed E-state index contributed by atoms with van der Waals surface area (Å²) in [4.78, 5) is 11.9. The van der Waals surface area contributed by atoms with Crippen LogP contribution in [0.1, 0.15) is 37.7 Å². The summed E-state index contributed by atoms with van der Waals surface area (Å²) in [5, 5.41) is 9.99. The Balaban J connectivity index is 2.78. The van der Waals surface area contributed by atoms with Gasteiger partial charge in [0.25, 0.3) is 0 Å². The van der Waals surface area contributed by atoms with Crippen molar-refractivity contribution >= 4 is 22.0 Å². The van der Waals surface area contributed by atoms with E-state index in [1.165, 1.54) is 6.07 Å². The van der Waals surface area contributed by atoms with Gasteiger partial charge in [0.15, 0.2) is 5.76 Å². The van der Waals surface area contributed by atoms with Gasteiger partial charge in [-0.2, -0.15) is 0 Å². The molecule has 4 nitrogen and oxygen atoms in total. The molecule has 5 heteroatoms. The molecule has 0 aliphatic heterocycles. The maximum Gasteiger partial charge on any atom is 0.227 e. The first kappa shape index (κ1) is 16.0. The van der Waals surface area contributed by atoms with Crippen LogP contribution in [0.3, 0.4) is 0 Å². The molecule has 0 spiro atoms. The maximum absolute atomic E-state index is 11.9. The van der Waals surface area contributed by atoms with Crippen LogP contribution in [0.4, 0.5) is 0 Å². The highest BCUT2D eigenvalue weighted by Gasteiger charge is 2.11. The number of hydrogen-bond donors (Lipinski definition) is 1. The fourth-order valence-corrected chi connectivity index (χ4v) is 1.98. The van der Waals surface area contributed by atoms with Crippen molar-refractivity contribution < 1.29 is 14.3 Å². The zero-order valence-electron chi connectivity index (χ0n) is 11.0. The van der Waals surface area contributed by atoms with Gasteiger partial charge < -0.3 is 14.3 Å². The number of rotatable bonds is 8. The fraction of sp³-hybridized carbons (Fsp3) is 0.500. The van der Waals surface area contributed by atoms with Crippen LogP contribution < -0.4 is 10.2 Å². The van der Waals surface area contributed by atoms with Crippen LogP contribution in [-0.4, -0.2) is 17.0 Å². The largest absolute Gasteiger partial charge is 0.486 e. The third kappa shape index (κ3) is 5.20. The molecule has 0 unspecified atom stereocenters. The molecule has 0 aliphatic carbocycles. The van der Waals surface area contributed by atoms with Crippen molar-refractivity contribution in [3.8, 4) is 5.75 Å². The topological polar surface area (TPSA) is 59.7 Å². The Morgan fingerprint density at radius 2 is 2.21 bits per heavy atom. The average molecular weight is 331 g/mol. The van der Waals surface area contributed by atoms with Crippen molar-refractivity contribution in [3.05, 3.63) is 33.9 Å². The van der Waals surface area contributed by atoms with Crippen LogP contribution >= 0.6 is 15.9 Å². The van der Waals surface area contributed by atoms with E-state index in [1.807, 2.05) is 6.92 Å². The number of aliphatic hydroxyl groups is 1. The van der Waals surface area contributed by atoms with Gasteiger partial charge in [-0.15, -0.1) is 0 Å². The highest BCUT2D eigenvalue weighted by atomic mass is 79.9. The van der Waals surface area contributed by atoms with Gasteiger partial charge in [0.2, 0.25) is 11.2 Å². The lowest BCUT2D eigenvalue weighted by Gasteiger charge is -2.08. The molecule has 1 N–H and O–H groups in total. The van der Waals surface area contributed by atoms with E-state index in [0.717, 1.165) is 24.6 Å². The van der Waals surface area contributed by atoms with Crippen molar-refractivity contribution in [3.63, 3.8) is 0 Å². The lowest BCUT2D eigenvalue weighted by molar-refractivity contribution is 0.235. The quantitative estimate of drug-likeness (QED) is 0.587. The SMILES string of the molecule is C/C=C/c1oc(CO)cc(=O)c1OCCCCCBr. The van der Waals surface area contributed by atoms with Gasteiger partial charge in [-0.1, -0.05) is 22.0 Å². The van der Waals surface area contributed by atoms with Crippen molar-refractivity contribution in [2.75, 3.05) is 11.9 Å². The Hall–Kier alpha value is -1.07. The van der Waals surface area contributed by atoms with Gasteiger partial charge in [-0.05, 0) is 32.3 Å². The Labute approximate surface area is 121 Å². The van der Waals surface area contributed by atoms with E-state index in [0.29, 0.717) is 12.4 Å². The fourth-order valence-electron chi connectivity index (χ4n) is 1.58. The lowest BCUT2D eigenvalue weighted by Crippen LogP contribution is -2.11. The molecule has 0 atom stereocenters. The van der Waals surface area contributed by atoms with E-state index in [-0.39, 0.29) is 23.5 Å². The molecule has 0 aromatic carbocycles. The van der Waals surface area contributed by atoms with Gasteiger partial charge in [0, 0.05) is 11.4 Å². The van der Waals surface area contributed by atoms with Crippen LogP contribution in [0.5, 0.6) is 5.75 Å². The monoisotopic (exact) mass is 330 g/mol. The second-order valence-electron chi connectivity index (χ2n) is 4.03. The van der Waals surface area contributed by atoms with Crippen molar-refractivity contribution in [1.82, 2.24) is 0 Å². The van der Waals surface area contributed by atoms with Crippen LogP contribution in [0.25, 0.3) is 6.08 Å². The Kier molecular flexibility index (Phi) is 7.52. The molecule has 1 heterocycles. The van der Waals surface area contributed by atoms with Crippen LogP contribution in [0.2, 0.25) is 0 Å². The van der Waals surface area contributed by atoms with Gasteiger partial charge >= 0.3 is 0 Å². The van der Waals surface area contributed by atoms with Crippen LogP contribution in [0, 0.1) is 0 Å². The van der Waals surface area contributed by atoms with E-state index < -0.39 is 0 Å². The maximum atomic E-state index is 11.9. The lowest BCUT2D eigenvalue weighted by atomic mass is 10.2. The minimum Gasteiger partial charge on any atom is -0.486 e. The van der Waals surface area contributed by atoms with Gasteiger partial charge in [-0.3, -0.25) is 4.79 Å². The number of halogens is 1. The summed E-state index contributed by atoms with van der Waals surface area (Å²) in [6.45, 7) is 2.01. The number of allylic oxidation sites excluding steroid dienone is 1. The average Bonchev–Trinajstić information content (AvgIpc) is 2.41. The number of unbranched alkanes of at least 4 members (excludes halogenated alkanes) is 2. The molecular formula is C14H19BrO4. The zero-order chi connectivity index (χ0) is 14.1. The summed E-state index contributed by atoms with van der Waals surface area (Å²) >= 11 is 3.37. The van der Waals surface area contributed by atoms with Crippen molar-refractivity contribution in [1.29, 1.82) is 0 Å². The van der Waals surface area contributed by atoms with E-state index in [4.69, 9.17) is 14.3 Å². The number of ether oxygens (including phenoxy) is 1. The molecule has 19 heavy (non-hydrogen) atoms. The van der Waals surface area contributed by atoms with Crippen LogP contribution in [0.15, 0.2) is 21.4 Å². The second kappa shape index (κ2) is 8.93. The standard InChI is InChI=1S/C14H19BrO4/c1-2-6-13-14(18-8-5-3-4-7-15)12(17)9-11(10-16)19-13/h2,6,9,16H,3-5,7-8,10H2,1H3/b6-2+. The molecule has 0 bridgehead atoms. The second-order valence-corrected chi connectivity index (χ2v) is 4.82. The Bertz CT molecular complexity index is 465. The minimum absolute atomic E-state index is 0.217. The van der Waals surface area contributed by atoms with Crippen molar-refractivity contribution in [2.45, 2.75) is 32.8 Å². The van der Waals surface area contributed by atoms with Crippen LogP contribution in [-0.2, 0) is 6.61 Å². The number of alkyl halides is 1. The van der Waals surface area contributed by atoms with E-state index in [1.54, 1.807) is 12.2 Å². The first-order valence-electron chi connectivity index (χ1n) is 6.32. The van der Waals surface area contributed by atoms with E-state index in [9.17, 15) is 4.79 Å². The van der Waals surface area contributed by atoms with Gasteiger partial charge in [0.05, 0.1) is 6.61 Å². The minimum atomic E-state index is -0.300. The third-order valence-corrected chi connectivity index (χ3v) is 3.04. The predicted octanol–water partition coefficient (Wildman–Crippen LogP) is 3.11. The highest BCUT2D eigenvalue weighted by molar-refractivity contribution is 9.09. The smallest absolute Gasteiger partial charge is 0.227 e. The Morgan fingerprint density at radius 3 is 2.84 bits per heavy atom. The van der Waals surface area contributed by atoms with E-state index in [2.05, 4.69) is 15.9 Å². The molecule has 0 fully saturated rings. The number of aliphatic hydroxyl groups excluding tert-OH is 1. The van der Waals surface area contributed by atoms with Crippen molar-refractivity contribution in [2.24, 2.45) is 0 Å². The van der Waals surface area contributed by atoms with E-state index >= 15 is 0 Å². The molecule has 1 aromatic heterocycles. The normalized spacial score (nSPS) is 11.1. The highest BCUT2D eigenvalue weighted by Crippen LogP contribution is 2.18. The molecule has 106 valence electrons. The molecule has 1 aromatic rings. The number of hydrogen-bond acceptors (Lipinski definition) is 4. The molecule has 1 rings (SSSR count). The first-order valence-corrected chi connectivity index (χ1v) is 7.44. The molecule has 0 radical (unpaired) electrons. The molecule has 0 amide bonds. The summed E-state index contributed by atoms with van der Waals surface area (Å²) < 4.78 is 10.9. The summed E-state index contributed by atoms with van der Waals surface area (Å²) in [5.74, 6) is 0.818. The van der Waals surface area contributed by atoms with Gasteiger partial charge in [-0.25, -0.2) is 0 Å². The Morgan fingerprint density at radius 1 is 1.42 bits per heavy atom.